The van der Waals surface area contributed by atoms with E-state index in [1.807, 2.05) is 0 Å². The molecule has 9 heteroatoms. The predicted octanol–water partition coefficient (Wildman–Crippen LogP) is 4.62. The molecule has 0 N–H and O–H groups in total. The van der Waals surface area contributed by atoms with Crippen molar-refractivity contribution in [1.82, 2.24) is 0 Å². The van der Waals surface area contributed by atoms with Gasteiger partial charge in [-0.3, -0.25) is 0 Å². The van der Waals surface area contributed by atoms with Gasteiger partial charge < -0.3 is 0 Å². The second kappa shape index (κ2) is 7.91. The molecule has 19 heavy (non-hydrogen) atoms. The van der Waals surface area contributed by atoms with Gasteiger partial charge in [0.1, 0.15) is 0 Å². The number of alkyl halides is 8. The number of unbranched alkanes of at least 4 members (excludes halogenated alkanes) is 3. The zero-order valence-electron chi connectivity index (χ0n) is 10.3. The van der Waals surface area contributed by atoms with Gasteiger partial charge in [-0.15, -0.1) is 0 Å². The van der Waals surface area contributed by atoms with Crippen LogP contribution < -0.4 is 0 Å². The van der Waals surface area contributed by atoms with Crippen LogP contribution in [0, 0.1) is 0 Å². The molecule has 0 aromatic carbocycles. The molecule has 0 aromatic heterocycles. The minimum absolute atomic E-state index is 0.109. The van der Waals surface area contributed by atoms with Gasteiger partial charge in [-0.2, -0.15) is 0 Å². The summed E-state index contributed by atoms with van der Waals surface area (Å²) in [5, 5.41) is 0. The van der Waals surface area contributed by atoms with E-state index in [-0.39, 0.29) is 25.7 Å². The quantitative estimate of drug-likeness (QED) is 0.347. The van der Waals surface area contributed by atoms with Gasteiger partial charge in [0.2, 0.25) is 0 Å². The molecule has 1 unspecified atom stereocenters. The van der Waals surface area contributed by atoms with Gasteiger partial charge in [-0.05, 0) is 0 Å². The van der Waals surface area contributed by atoms with Gasteiger partial charge in [-0.1, -0.05) is 0 Å². The Kier molecular flexibility index (Phi) is 8.36. The van der Waals surface area contributed by atoms with Gasteiger partial charge >= 0.3 is 141 Å². The molecule has 0 amide bonds. The maximum atomic E-state index is 13.0. The van der Waals surface area contributed by atoms with Crippen molar-refractivity contribution in [3.05, 3.63) is 0 Å². The average molecular weight is 324 g/mol. The van der Waals surface area contributed by atoms with E-state index >= 15 is 0 Å². The molecule has 110 valence electrons. The van der Waals surface area contributed by atoms with E-state index in [1.165, 1.54) is 0 Å². The van der Waals surface area contributed by atoms with Crippen molar-refractivity contribution in [1.29, 1.82) is 0 Å². The van der Waals surface area contributed by atoms with Crippen molar-refractivity contribution >= 4 is 49.0 Å². The molecule has 0 rings (SSSR count). The van der Waals surface area contributed by atoms with E-state index in [0.29, 0.717) is 0 Å². The molecule has 0 radical (unpaired) electrons. The van der Waals surface area contributed by atoms with Crippen LogP contribution in [0.3, 0.4) is 0 Å². The van der Waals surface area contributed by atoms with Gasteiger partial charge in [0.25, 0.3) is 0 Å². The van der Waals surface area contributed by atoms with Crippen molar-refractivity contribution in [2.45, 2.75) is 56.8 Å². The summed E-state index contributed by atoms with van der Waals surface area (Å²) < 4.78 is 94.6. The molecular weight excluding hydrogens is 311 g/mol. The van der Waals surface area contributed by atoms with Crippen LogP contribution in [0.1, 0.15) is 38.5 Å². The number of rotatable bonds is 8. The monoisotopic (exact) mass is 324 g/mol. The molecule has 0 heterocycles. The molecule has 1 atom stereocenters. The van der Waals surface area contributed by atoms with Crippen LogP contribution in [-0.4, -0.2) is 67.2 Å². The summed E-state index contributed by atoms with van der Waals surface area (Å²) in [6.07, 6.45) is -9.03. The van der Waals surface area contributed by atoms with Gasteiger partial charge in [0.15, 0.2) is 0 Å². The average Bonchev–Trinajstić information content (AvgIpc) is 2.19. The second-order valence-corrected chi connectivity index (χ2v) is 6.51. The second-order valence-electron chi connectivity index (χ2n) is 4.55. The topological polar surface area (TPSA) is 0 Å². The summed E-state index contributed by atoms with van der Waals surface area (Å²) in [6, 6.07) is 0. The molecule has 0 bridgehead atoms. The van der Waals surface area contributed by atoms with Gasteiger partial charge in [-0.25, -0.2) is 0 Å². The summed E-state index contributed by atoms with van der Waals surface area (Å²) in [7, 11) is 0. The minimum atomic E-state index is -4.67. The summed E-state index contributed by atoms with van der Waals surface area (Å²) in [5.74, 6) is -4.67. The third-order valence-corrected chi connectivity index (χ3v) is 3.69. The summed E-state index contributed by atoms with van der Waals surface area (Å²) >= 11 is -1.54. The Hall–Kier alpha value is 1.08. The van der Waals surface area contributed by atoms with Crippen molar-refractivity contribution in [2.24, 2.45) is 0 Å². The van der Waals surface area contributed by atoms with E-state index in [4.69, 9.17) is 0 Å². The predicted molar refractivity (Wildman–Crippen MR) is 54.3 cm³/mol. The Morgan fingerprint density at radius 1 is 0.789 bits per heavy atom. The first-order chi connectivity index (χ1) is 8.38. The van der Waals surface area contributed by atoms with Crippen LogP contribution >= 0.6 is 0 Å². The fourth-order valence-corrected chi connectivity index (χ4v) is 1.95. The fourth-order valence-electron chi connectivity index (χ4n) is 1.46. The van der Waals surface area contributed by atoms with Crippen LogP contribution in [0.25, 0.3) is 0 Å². The molecule has 0 saturated heterocycles. The first-order valence-corrected chi connectivity index (χ1v) is 7.40. The van der Waals surface area contributed by atoms with Crippen LogP contribution in [0.5, 0.6) is 0 Å². The summed E-state index contributed by atoms with van der Waals surface area (Å²) in [4.78, 5) is 0. The van der Waals surface area contributed by atoms with Crippen LogP contribution in [0.15, 0.2) is 0 Å². The molecule has 0 aliphatic carbocycles. The van der Waals surface area contributed by atoms with E-state index in [2.05, 4.69) is 0 Å². The van der Waals surface area contributed by atoms with Crippen molar-refractivity contribution in [3.63, 3.8) is 0 Å². The Morgan fingerprint density at radius 3 is 1.68 bits per heavy atom. The van der Waals surface area contributed by atoms with Gasteiger partial charge in [0, 0.05) is 0 Å². The Balaban J connectivity index is 3.85. The van der Waals surface area contributed by atoms with E-state index in [0.717, 1.165) is 0 Å². The molecule has 0 aliphatic rings. The van der Waals surface area contributed by atoms with E-state index in [9.17, 15) is 35.1 Å². The number of hydrogen-bond donors (Lipinski definition) is 0. The molecule has 0 saturated carbocycles. The molecule has 0 nitrogen and oxygen atoms in total. The van der Waals surface area contributed by atoms with Crippen LogP contribution in [-0.2, 0) is 0 Å². The molecule has 0 aliphatic heterocycles. The molecule has 0 aromatic rings. The Morgan fingerprint density at radius 2 is 1.26 bits per heavy atom. The van der Waals surface area contributed by atoms with Gasteiger partial charge in [0.05, 0.1) is 0 Å². The molecule has 0 fully saturated rings. The summed E-state index contributed by atoms with van der Waals surface area (Å²) in [6.45, 7) is 0. The van der Waals surface area contributed by atoms with Crippen molar-refractivity contribution in [2.75, 3.05) is 0 Å². The van der Waals surface area contributed by atoms with Crippen LogP contribution in [0.2, 0.25) is 0 Å². The van der Waals surface area contributed by atoms with E-state index in [1.54, 1.807) is 0 Å². The summed E-state index contributed by atoms with van der Waals surface area (Å²) in [5.41, 5.74) is 0. The standard InChI is InChI=1S/C10H13F8.K/c11-7(10(17,18)8(12)13)5-3-1-2-4-6-9(14,15)16;/h7H,1-6H2;. The third-order valence-electron chi connectivity index (χ3n) is 2.65. The van der Waals surface area contributed by atoms with E-state index < -0.39 is 80.1 Å². The zero-order valence-corrected chi connectivity index (χ0v) is 13.5. The maximum absolute atomic E-state index is 13.0. The fraction of sp³-hybridized carbons (Fsp3) is 1.00. The molecule has 0 spiro atoms. The Bertz CT molecular complexity index is 257. The van der Waals surface area contributed by atoms with Crippen molar-refractivity contribution < 1.29 is 35.1 Å². The van der Waals surface area contributed by atoms with Crippen LogP contribution in [0.4, 0.5) is 35.1 Å². The SMILES string of the molecule is FC(CCCCCCC(F)(F)F)C(F)(F)[C](F)(F)[K]. The van der Waals surface area contributed by atoms with Crippen molar-refractivity contribution in [3.8, 4) is 0 Å². The normalized spacial score (nSPS) is 15.7. The number of hydrogen-bond acceptors (Lipinski definition) is 0. The third kappa shape index (κ3) is 8.18. The number of halogens is 8. The molecular formula is C10H13F8K. The first kappa shape index (κ1) is 20.1. The first-order valence-electron chi connectivity index (χ1n) is 5.84. The Labute approximate surface area is 139 Å². The zero-order chi connectivity index (χ0) is 15.3.